The molecule has 0 heterocycles. The van der Waals surface area contributed by atoms with Crippen LogP contribution in [0.15, 0.2) is 0 Å². The number of carboxylic acid groups (broad SMARTS) is 1. The fourth-order valence-corrected chi connectivity index (χ4v) is 1.13. The van der Waals surface area contributed by atoms with E-state index in [-0.39, 0.29) is 24.3 Å². The highest BCUT2D eigenvalue weighted by Gasteiger charge is 2.19. The molecular weight excluding hydrogens is 170 g/mol. The second kappa shape index (κ2) is 5.56. The second-order valence-electron chi connectivity index (χ2n) is 3.29. The number of aliphatic carboxylic acids is 1. The lowest BCUT2D eigenvalue weighted by molar-refractivity contribution is -0.138. The molecule has 4 nitrogen and oxygen atoms in total. The summed E-state index contributed by atoms with van der Waals surface area (Å²) in [6.45, 7) is 5.31. The third kappa shape index (κ3) is 5.22. The van der Waals surface area contributed by atoms with E-state index in [0.29, 0.717) is 0 Å². The number of carboxylic acids is 1. The lowest BCUT2D eigenvalue weighted by Crippen LogP contribution is -2.39. The summed E-state index contributed by atoms with van der Waals surface area (Å²) >= 11 is 0. The van der Waals surface area contributed by atoms with Crippen molar-refractivity contribution in [2.75, 3.05) is 0 Å². The highest BCUT2D eigenvalue weighted by atomic mass is 16.4. The first-order valence-electron chi connectivity index (χ1n) is 4.46. The largest absolute Gasteiger partial charge is 0.481 e. The number of hydrogen-bond donors (Lipinski definition) is 2. The number of carbonyl (C=O) groups is 2. The molecule has 0 saturated heterocycles. The van der Waals surface area contributed by atoms with Crippen molar-refractivity contribution in [1.29, 1.82) is 0 Å². The van der Waals surface area contributed by atoms with Gasteiger partial charge in [-0.25, -0.2) is 0 Å². The van der Waals surface area contributed by atoms with Gasteiger partial charge in [0.05, 0.1) is 6.42 Å². The number of nitrogens with one attached hydrogen (secondary N) is 1. The van der Waals surface area contributed by atoms with Gasteiger partial charge in [-0.2, -0.15) is 0 Å². The normalized spacial score (nSPS) is 14.7. The molecule has 0 unspecified atom stereocenters. The van der Waals surface area contributed by atoms with Crippen LogP contribution in [0, 0.1) is 5.92 Å². The first-order valence-corrected chi connectivity index (χ1v) is 4.46. The summed E-state index contributed by atoms with van der Waals surface area (Å²) in [6, 6.07) is -0.250. The van der Waals surface area contributed by atoms with E-state index in [4.69, 9.17) is 5.11 Å². The van der Waals surface area contributed by atoms with Gasteiger partial charge in [0.25, 0.3) is 0 Å². The van der Waals surface area contributed by atoms with E-state index in [0.717, 1.165) is 6.42 Å². The Bertz CT molecular complexity index is 175. The first-order chi connectivity index (χ1) is 5.97. The molecule has 0 spiro atoms. The third-order valence-corrected chi connectivity index (χ3v) is 2.11. The van der Waals surface area contributed by atoms with Gasteiger partial charge in [-0.1, -0.05) is 20.3 Å². The number of hydrogen-bond acceptors (Lipinski definition) is 2. The van der Waals surface area contributed by atoms with E-state index in [1.54, 1.807) is 0 Å². The summed E-state index contributed by atoms with van der Waals surface area (Å²) in [5.41, 5.74) is 0. The Balaban J connectivity index is 4.17. The Morgan fingerprint density at radius 1 is 1.46 bits per heavy atom. The number of carbonyl (C=O) groups excluding carboxylic acids is 1. The van der Waals surface area contributed by atoms with Crippen molar-refractivity contribution in [2.24, 2.45) is 5.92 Å². The Kier molecular flexibility index (Phi) is 5.11. The Hall–Kier alpha value is -1.06. The van der Waals surface area contributed by atoms with E-state index < -0.39 is 5.97 Å². The minimum absolute atomic E-state index is 0.00537. The van der Waals surface area contributed by atoms with Crippen LogP contribution in [-0.2, 0) is 9.59 Å². The minimum atomic E-state index is -0.876. The predicted octanol–water partition coefficient (Wildman–Crippen LogP) is 1.01. The van der Waals surface area contributed by atoms with Crippen molar-refractivity contribution in [3.05, 3.63) is 0 Å². The Labute approximate surface area is 78.3 Å². The maximum absolute atomic E-state index is 10.8. The number of amides is 1. The summed E-state index contributed by atoms with van der Waals surface area (Å²) in [7, 11) is 0. The first kappa shape index (κ1) is 11.9. The summed E-state index contributed by atoms with van der Waals surface area (Å²) < 4.78 is 0. The third-order valence-electron chi connectivity index (χ3n) is 2.11. The van der Waals surface area contributed by atoms with Crippen LogP contribution in [0.5, 0.6) is 0 Å². The van der Waals surface area contributed by atoms with Gasteiger partial charge in [0.2, 0.25) is 5.91 Å². The maximum atomic E-state index is 10.8. The van der Waals surface area contributed by atoms with Crippen molar-refractivity contribution in [3.63, 3.8) is 0 Å². The van der Waals surface area contributed by atoms with Crippen LogP contribution >= 0.6 is 0 Å². The molecule has 0 radical (unpaired) electrons. The maximum Gasteiger partial charge on any atom is 0.305 e. The molecule has 0 aliphatic carbocycles. The standard InChI is InChI=1S/C9H17NO3/c1-4-6(2)8(5-9(12)13)10-7(3)11/h6,8H,4-5H2,1-3H3,(H,10,11)(H,12,13)/t6-,8+/m0/s1. The van der Waals surface area contributed by atoms with Crippen molar-refractivity contribution in [1.82, 2.24) is 5.32 Å². The van der Waals surface area contributed by atoms with Gasteiger partial charge < -0.3 is 10.4 Å². The van der Waals surface area contributed by atoms with Gasteiger partial charge in [0.1, 0.15) is 0 Å². The monoisotopic (exact) mass is 187 g/mol. The fraction of sp³-hybridized carbons (Fsp3) is 0.778. The Morgan fingerprint density at radius 2 is 2.00 bits per heavy atom. The van der Waals surface area contributed by atoms with E-state index in [9.17, 15) is 9.59 Å². The van der Waals surface area contributed by atoms with Crippen molar-refractivity contribution in [2.45, 2.75) is 39.7 Å². The van der Waals surface area contributed by atoms with Crippen LogP contribution in [0.4, 0.5) is 0 Å². The summed E-state index contributed by atoms with van der Waals surface area (Å²) in [4.78, 5) is 21.2. The zero-order chi connectivity index (χ0) is 10.4. The second-order valence-corrected chi connectivity index (χ2v) is 3.29. The predicted molar refractivity (Wildman–Crippen MR) is 49.3 cm³/mol. The van der Waals surface area contributed by atoms with Gasteiger partial charge in [-0.15, -0.1) is 0 Å². The van der Waals surface area contributed by atoms with E-state index >= 15 is 0 Å². The minimum Gasteiger partial charge on any atom is -0.481 e. The van der Waals surface area contributed by atoms with E-state index in [2.05, 4.69) is 5.32 Å². The topological polar surface area (TPSA) is 66.4 Å². The highest BCUT2D eigenvalue weighted by molar-refractivity contribution is 5.74. The highest BCUT2D eigenvalue weighted by Crippen LogP contribution is 2.10. The molecule has 0 aromatic carbocycles. The SMILES string of the molecule is CC[C@H](C)[C@@H](CC(=O)O)NC(C)=O. The average Bonchev–Trinajstić information content (AvgIpc) is 2.00. The van der Waals surface area contributed by atoms with Gasteiger partial charge in [0.15, 0.2) is 0 Å². The van der Waals surface area contributed by atoms with Crippen molar-refractivity contribution in [3.8, 4) is 0 Å². The molecule has 0 saturated carbocycles. The average molecular weight is 187 g/mol. The van der Waals surface area contributed by atoms with Gasteiger partial charge in [0, 0.05) is 13.0 Å². The lowest BCUT2D eigenvalue weighted by Gasteiger charge is -2.21. The molecule has 2 N–H and O–H groups in total. The van der Waals surface area contributed by atoms with Crippen LogP contribution in [0.3, 0.4) is 0 Å². The van der Waals surface area contributed by atoms with Gasteiger partial charge >= 0.3 is 5.97 Å². The quantitative estimate of drug-likeness (QED) is 0.675. The molecule has 0 aromatic rings. The van der Waals surface area contributed by atoms with E-state index in [1.807, 2.05) is 13.8 Å². The van der Waals surface area contributed by atoms with Crippen molar-refractivity contribution < 1.29 is 14.7 Å². The van der Waals surface area contributed by atoms with Gasteiger partial charge in [-0.05, 0) is 5.92 Å². The van der Waals surface area contributed by atoms with E-state index in [1.165, 1.54) is 6.92 Å². The summed E-state index contributed by atoms with van der Waals surface area (Å²) in [5, 5.41) is 11.2. The lowest BCUT2D eigenvalue weighted by atomic mass is 9.96. The Morgan fingerprint density at radius 3 is 2.31 bits per heavy atom. The molecular formula is C9H17NO3. The fourth-order valence-electron chi connectivity index (χ4n) is 1.13. The molecule has 0 rings (SSSR count). The molecule has 4 heteroatoms. The molecule has 0 fully saturated rings. The van der Waals surface area contributed by atoms with Crippen LogP contribution in [0.2, 0.25) is 0 Å². The molecule has 13 heavy (non-hydrogen) atoms. The molecule has 2 atom stereocenters. The molecule has 0 aliphatic heterocycles. The smallest absolute Gasteiger partial charge is 0.305 e. The summed E-state index contributed by atoms with van der Waals surface area (Å²) in [6.07, 6.45) is 0.854. The zero-order valence-corrected chi connectivity index (χ0v) is 8.33. The molecule has 1 amide bonds. The van der Waals surface area contributed by atoms with Crippen LogP contribution in [0.1, 0.15) is 33.6 Å². The van der Waals surface area contributed by atoms with Crippen LogP contribution < -0.4 is 5.32 Å². The molecule has 76 valence electrons. The molecule has 0 bridgehead atoms. The van der Waals surface area contributed by atoms with Crippen LogP contribution in [0.25, 0.3) is 0 Å². The molecule has 0 aliphatic rings. The van der Waals surface area contributed by atoms with Gasteiger partial charge in [-0.3, -0.25) is 9.59 Å². The number of rotatable bonds is 5. The summed E-state index contributed by atoms with van der Waals surface area (Å²) in [5.74, 6) is -0.856. The van der Waals surface area contributed by atoms with Crippen LogP contribution in [-0.4, -0.2) is 23.0 Å². The zero-order valence-electron chi connectivity index (χ0n) is 8.33. The van der Waals surface area contributed by atoms with Crippen molar-refractivity contribution >= 4 is 11.9 Å². The molecule has 0 aromatic heterocycles.